The molecule has 0 saturated carbocycles. The highest BCUT2D eigenvalue weighted by atomic mass is 35.5. The number of aromatic nitrogens is 2. The van der Waals surface area contributed by atoms with Crippen LogP contribution in [0.25, 0.3) is 10.9 Å². The molecule has 0 bridgehead atoms. The number of ether oxygens (including phenoxy) is 1. The fourth-order valence-electron chi connectivity index (χ4n) is 2.19. The predicted octanol–water partition coefficient (Wildman–Crippen LogP) is 2.79. The maximum Gasteiger partial charge on any atom is 0.326 e. The minimum absolute atomic E-state index is 0.106. The van der Waals surface area contributed by atoms with Gasteiger partial charge in [-0.15, -0.1) is 0 Å². The Morgan fingerprint density at radius 3 is 2.83 bits per heavy atom. The lowest BCUT2D eigenvalue weighted by Crippen LogP contribution is -2.25. The van der Waals surface area contributed by atoms with Gasteiger partial charge in [0.2, 0.25) is 0 Å². The van der Waals surface area contributed by atoms with Gasteiger partial charge in [0, 0.05) is 5.02 Å². The SMILES string of the molecule is O=C(Cn1cnc2ccccc2c1=O)OCc1cccc(Cl)c1. The number of hydrogen-bond donors (Lipinski definition) is 0. The van der Waals surface area contributed by atoms with Crippen molar-refractivity contribution in [3.8, 4) is 0 Å². The number of hydrogen-bond acceptors (Lipinski definition) is 4. The molecule has 3 aromatic rings. The van der Waals surface area contributed by atoms with Crippen molar-refractivity contribution >= 4 is 28.5 Å². The molecule has 23 heavy (non-hydrogen) atoms. The highest BCUT2D eigenvalue weighted by molar-refractivity contribution is 6.30. The van der Waals surface area contributed by atoms with Crippen LogP contribution in [-0.4, -0.2) is 15.5 Å². The molecule has 0 atom stereocenters. The standard InChI is InChI=1S/C17H13ClN2O3/c18-13-5-3-4-12(8-13)10-23-16(21)9-20-11-19-15-7-2-1-6-14(15)17(20)22/h1-8,11H,9-10H2. The fourth-order valence-corrected chi connectivity index (χ4v) is 2.41. The van der Waals surface area contributed by atoms with E-state index in [1.807, 2.05) is 6.07 Å². The summed E-state index contributed by atoms with van der Waals surface area (Å²) in [5.74, 6) is -0.510. The second kappa shape index (κ2) is 6.62. The molecule has 0 saturated heterocycles. The lowest BCUT2D eigenvalue weighted by Gasteiger charge is -2.08. The molecule has 116 valence electrons. The van der Waals surface area contributed by atoms with Crippen molar-refractivity contribution in [2.75, 3.05) is 0 Å². The quantitative estimate of drug-likeness (QED) is 0.691. The van der Waals surface area contributed by atoms with Crippen molar-refractivity contribution in [2.45, 2.75) is 13.2 Å². The van der Waals surface area contributed by atoms with Gasteiger partial charge in [0.05, 0.1) is 17.2 Å². The molecule has 0 aliphatic rings. The molecule has 6 heteroatoms. The van der Waals surface area contributed by atoms with Gasteiger partial charge in [-0.25, -0.2) is 4.98 Å². The summed E-state index contributed by atoms with van der Waals surface area (Å²) in [5.41, 5.74) is 1.12. The van der Waals surface area contributed by atoms with Crippen molar-refractivity contribution in [2.24, 2.45) is 0 Å². The van der Waals surface area contributed by atoms with E-state index in [2.05, 4.69) is 4.98 Å². The monoisotopic (exact) mass is 328 g/mol. The first kappa shape index (κ1) is 15.2. The maximum atomic E-state index is 12.3. The molecular weight excluding hydrogens is 316 g/mol. The number of fused-ring (bicyclic) bond motifs is 1. The molecule has 2 aromatic carbocycles. The van der Waals surface area contributed by atoms with Crippen LogP contribution in [0.4, 0.5) is 0 Å². The van der Waals surface area contributed by atoms with E-state index in [0.717, 1.165) is 5.56 Å². The Morgan fingerprint density at radius 2 is 2.00 bits per heavy atom. The zero-order valence-electron chi connectivity index (χ0n) is 12.1. The molecule has 0 fully saturated rings. The number of benzene rings is 2. The first-order valence-corrected chi connectivity index (χ1v) is 7.35. The van der Waals surface area contributed by atoms with Gasteiger partial charge < -0.3 is 4.74 Å². The van der Waals surface area contributed by atoms with Gasteiger partial charge in [-0.05, 0) is 29.8 Å². The van der Waals surface area contributed by atoms with Gasteiger partial charge in [-0.1, -0.05) is 35.9 Å². The van der Waals surface area contributed by atoms with Gasteiger partial charge >= 0.3 is 5.97 Å². The van der Waals surface area contributed by atoms with Gasteiger partial charge in [0.15, 0.2) is 0 Å². The van der Waals surface area contributed by atoms with Crippen molar-refractivity contribution in [1.82, 2.24) is 9.55 Å². The number of carbonyl (C=O) groups excluding carboxylic acids is 1. The van der Waals surface area contributed by atoms with Crippen LogP contribution in [0, 0.1) is 0 Å². The summed E-state index contributed by atoms with van der Waals surface area (Å²) in [4.78, 5) is 28.4. The zero-order valence-corrected chi connectivity index (χ0v) is 12.9. The summed E-state index contributed by atoms with van der Waals surface area (Å²) in [5, 5.41) is 1.05. The topological polar surface area (TPSA) is 61.2 Å². The molecule has 5 nitrogen and oxygen atoms in total. The van der Waals surface area contributed by atoms with E-state index >= 15 is 0 Å². The van der Waals surface area contributed by atoms with Crippen LogP contribution in [0.2, 0.25) is 5.02 Å². The van der Waals surface area contributed by atoms with Crippen LogP contribution < -0.4 is 5.56 Å². The Labute approximate surface area is 137 Å². The number of esters is 1. The highest BCUT2D eigenvalue weighted by Gasteiger charge is 2.09. The number of para-hydroxylation sites is 1. The molecule has 1 aromatic heterocycles. The molecule has 0 aliphatic carbocycles. The van der Waals surface area contributed by atoms with Crippen molar-refractivity contribution in [3.63, 3.8) is 0 Å². The van der Waals surface area contributed by atoms with Crippen molar-refractivity contribution in [1.29, 1.82) is 0 Å². The highest BCUT2D eigenvalue weighted by Crippen LogP contribution is 2.11. The summed E-state index contributed by atoms with van der Waals surface area (Å²) in [7, 11) is 0. The average Bonchev–Trinajstić information content (AvgIpc) is 2.56. The Hall–Kier alpha value is -2.66. The maximum absolute atomic E-state index is 12.3. The van der Waals surface area contributed by atoms with Gasteiger partial charge in [-0.3, -0.25) is 14.2 Å². The molecule has 0 radical (unpaired) electrons. The molecule has 0 N–H and O–H groups in total. The van der Waals surface area contributed by atoms with Gasteiger partial charge in [0.1, 0.15) is 13.2 Å². The molecular formula is C17H13ClN2O3. The van der Waals surface area contributed by atoms with E-state index in [-0.39, 0.29) is 18.7 Å². The Balaban J connectivity index is 1.71. The van der Waals surface area contributed by atoms with E-state index in [4.69, 9.17) is 16.3 Å². The smallest absolute Gasteiger partial charge is 0.326 e. The minimum Gasteiger partial charge on any atom is -0.459 e. The normalized spacial score (nSPS) is 10.7. The lowest BCUT2D eigenvalue weighted by atomic mass is 10.2. The first-order valence-electron chi connectivity index (χ1n) is 6.98. The molecule has 0 spiro atoms. The Morgan fingerprint density at radius 1 is 1.17 bits per heavy atom. The number of halogens is 1. The van der Waals surface area contributed by atoms with Gasteiger partial charge in [-0.2, -0.15) is 0 Å². The fraction of sp³-hybridized carbons (Fsp3) is 0.118. The summed E-state index contributed by atoms with van der Waals surface area (Å²) >= 11 is 5.87. The third-order valence-corrected chi connectivity index (χ3v) is 3.55. The molecule has 3 rings (SSSR count). The lowest BCUT2D eigenvalue weighted by molar-refractivity contribution is -0.145. The van der Waals surface area contributed by atoms with E-state index in [1.165, 1.54) is 10.9 Å². The first-order chi connectivity index (χ1) is 11.1. The second-order valence-electron chi connectivity index (χ2n) is 4.99. The van der Waals surface area contributed by atoms with Crippen molar-refractivity contribution in [3.05, 3.63) is 75.8 Å². The van der Waals surface area contributed by atoms with Crippen LogP contribution in [0.1, 0.15) is 5.56 Å². The summed E-state index contributed by atoms with van der Waals surface area (Å²) in [6, 6.07) is 14.0. The number of carbonyl (C=O) groups is 1. The predicted molar refractivity (Wildman–Crippen MR) is 87.3 cm³/mol. The van der Waals surface area contributed by atoms with Crippen LogP contribution in [0.3, 0.4) is 0 Å². The van der Waals surface area contributed by atoms with Crippen LogP contribution in [0.5, 0.6) is 0 Å². The summed E-state index contributed by atoms with van der Waals surface area (Å²) < 4.78 is 6.41. The van der Waals surface area contributed by atoms with E-state index in [1.54, 1.807) is 42.5 Å². The zero-order chi connectivity index (χ0) is 16.2. The number of nitrogens with zero attached hydrogens (tertiary/aromatic N) is 2. The summed E-state index contributed by atoms with van der Waals surface area (Å²) in [6.07, 6.45) is 1.35. The Kier molecular flexibility index (Phi) is 4.39. The van der Waals surface area contributed by atoms with E-state index < -0.39 is 5.97 Å². The van der Waals surface area contributed by atoms with Gasteiger partial charge in [0.25, 0.3) is 5.56 Å². The third-order valence-electron chi connectivity index (χ3n) is 3.32. The molecule has 0 unspecified atom stereocenters. The van der Waals surface area contributed by atoms with Crippen molar-refractivity contribution < 1.29 is 9.53 Å². The molecule has 0 aliphatic heterocycles. The Bertz CT molecular complexity index is 921. The minimum atomic E-state index is -0.510. The van der Waals surface area contributed by atoms with E-state index in [0.29, 0.717) is 15.9 Å². The number of rotatable bonds is 4. The largest absolute Gasteiger partial charge is 0.459 e. The third kappa shape index (κ3) is 3.57. The summed E-state index contributed by atoms with van der Waals surface area (Å²) in [6.45, 7) is -0.0770. The van der Waals surface area contributed by atoms with Crippen LogP contribution >= 0.6 is 11.6 Å². The van der Waals surface area contributed by atoms with Crippen LogP contribution in [0.15, 0.2) is 59.7 Å². The van der Waals surface area contributed by atoms with E-state index in [9.17, 15) is 9.59 Å². The van der Waals surface area contributed by atoms with Crippen LogP contribution in [-0.2, 0) is 22.7 Å². The average molecular weight is 329 g/mol. The molecule has 0 amide bonds. The second-order valence-corrected chi connectivity index (χ2v) is 5.42. The molecule has 1 heterocycles.